The van der Waals surface area contributed by atoms with E-state index in [1.165, 1.54) is 25.3 Å². The van der Waals surface area contributed by atoms with Crippen LogP contribution in [-0.4, -0.2) is 25.3 Å². The average molecular weight is 263 g/mol. The molecule has 0 bridgehead atoms. The topological polar surface area (TPSA) is 21.3 Å². The molecule has 0 radical (unpaired) electrons. The largest absolute Gasteiger partial charge is 0.377 e. The summed E-state index contributed by atoms with van der Waals surface area (Å²) in [5.41, 5.74) is 1.15. The van der Waals surface area contributed by atoms with E-state index in [-0.39, 0.29) is 5.82 Å². The summed E-state index contributed by atoms with van der Waals surface area (Å²) in [4.78, 5) is 0. The van der Waals surface area contributed by atoms with Gasteiger partial charge in [-0.3, -0.25) is 0 Å². The van der Waals surface area contributed by atoms with Gasteiger partial charge in [-0.2, -0.15) is 0 Å². The van der Waals surface area contributed by atoms with Crippen molar-refractivity contribution in [3.8, 4) is 0 Å². The fourth-order valence-corrected chi connectivity index (χ4v) is 3.08. The number of nitrogens with one attached hydrogen (secondary N) is 1. The first-order chi connectivity index (χ1) is 9.31. The maximum atomic E-state index is 13.1. The minimum absolute atomic E-state index is 0.121. The van der Waals surface area contributed by atoms with Gasteiger partial charge in [-0.25, -0.2) is 4.39 Å². The van der Waals surface area contributed by atoms with Crippen molar-refractivity contribution in [2.75, 3.05) is 13.2 Å². The third-order valence-electron chi connectivity index (χ3n) is 4.37. The summed E-state index contributed by atoms with van der Waals surface area (Å²) in [5, 5.41) is 3.58. The molecule has 3 heteroatoms. The van der Waals surface area contributed by atoms with E-state index in [0.29, 0.717) is 18.1 Å². The maximum Gasteiger partial charge on any atom is 0.123 e. The monoisotopic (exact) mass is 263 g/mol. The highest BCUT2D eigenvalue weighted by Crippen LogP contribution is 2.37. The van der Waals surface area contributed by atoms with E-state index in [1.807, 2.05) is 6.07 Å². The minimum atomic E-state index is -0.121. The zero-order valence-electron chi connectivity index (χ0n) is 11.3. The first kappa shape index (κ1) is 13.1. The normalized spacial score (nSPS) is 30.9. The van der Waals surface area contributed by atoms with Gasteiger partial charge in [-0.1, -0.05) is 12.1 Å². The Morgan fingerprint density at radius 2 is 2.16 bits per heavy atom. The van der Waals surface area contributed by atoms with Gasteiger partial charge in [0.15, 0.2) is 0 Å². The van der Waals surface area contributed by atoms with Crippen molar-refractivity contribution < 1.29 is 9.13 Å². The van der Waals surface area contributed by atoms with Crippen LogP contribution in [0.5, 0.6) is 0 Å². The Bertz CT molecular complexity index is 411. The lowest BCUT2D eigenvalue weighted by atomic mass is 9.76. The van der Waals surface area contributed by atoms with Crippen molar-refractivity contribution in [3.05, 3.63) is 35.6 Å². The molecule has 2 nitrogen and oxygen atoms in total. The van der Waals surface area contributed by atoms with Crippen molar-refractivity contribution in [2.45, 2.75) is 50.2 Å². The molecule has 2 fully saturated rings. The van der Waals surface area contributed by atoms with Gasteiger partial charge in [0.25, 0.3) is 0 Å². The second-order valence-corrected chi connectivity index (χ2v) is 5.82. The van der Waals surface area contributed by atoms with E-state index in [1.54, 1.807) is 12.1 Å². The molecule has 1 unspecified atom stereocenters. The zero-order valence-corrected chi connectivity index (χ0v) is 11.3. The summed E-state index contributed by atoms with van der Waals surface area (Å²) in [5.74, 6) is 0.407. The first-order valence-electron chi connectivity index (χ1n) is 7.42. The predicted molar refractivity (Wildman–Crippen MR) is 73.8 cm³/mol. The molecule has 2 aliphatic rings. The van der Waals surface area contributed by atoms with Crippen LogP contribution in [0.3, 0.4) is 0 Å². The van der Waals surface area contributed by atoms with Gasteiger partial charge in [-0.15, -0.1) is 0 Å². The number of rotatable bonds is 4. The Morgan fingerprint density at radius 1 is 1.26 bits per heavy atom. The Labute approximate surface area is 114 Å². The summed E-state index contributed by atoms with van der Waals surface area (Å²) in [7, 11) is 0. The van der Waals surface area contributed by atoms with Gasteiger partial charge in [0.05, 0.1) is 6.10 Å². The summed E-state index contributed by atoms with van der Waals surface area (Å²) < 4.78 is 18.9. The van der Waals surface area contributed by atoms with E-state index in [2.05, 4.69) is 5.32 Å². The van der Waals surface area contributed by atoms with E-state index < -0.39 is 0 Å². The lowest BCUT2D eigenvalue weighted by molar-refractivity contribution is 0.0132. The molecule has 1 aromatic rings. The van der Waals surface area contributed by atoms with Crippen LogP contribution in [0.4, 0.5) is 4.39 Å². The maximum absolute atomic E-state index is 13.1. The lowest BCUT2D eigenvalue weighted by Crippen LogP contribution is -2.44. The number of halogens is 1. The second-order valence-electron chi connectivity index (χ2n) is 5.82. The van der Waals surface area contributed by atoms with Gasteiger partial charge < -0.3 is 10.1 Å². The molecule has 1 N–H and O–H groups in total. The van der Waals surface area contributed by atoms with Gasteiger partial charge in [0.2, 0.25) is 0 Å². The van der Waals surface area contributed by atoms with Crippen LogP contribution in [0.1, 0.15) is 43.6 Å². The molecule has 1 heterocycles. The third-order valence-corrected chi connectivity index (χ3v) is 4.37. The molecule has 1 aliphatic carbocycles. The Morgan fingerprint density at radius 3 is 2.89 bits per heavy atom. The molecular weight excluding hydrogens is 241 g/mol. The summed E-state index contributed by atoms with van der Waals surface area (Å²) in [6, 6.07) is 7.61. The summed E-state index contributed by atoms with van der Waals surface area (Å²) >= 11 is 0. The molecule has 0 spiro atoms. The van der Waals surface area contributed by atoms with E-state index in [0.717, 1.165) is 31.6 Å². The molecular formula is C16H22FNO. The average Bonchev–Trinajstić information content (AvgIpc) is 2.38. The Hall–Kier alpha value is -0.930. The van der Waals surface area contributed by atoms with Crippen molar-refractivity contribution in [2.24, 2.45) is 0 Å². The minimum Gasteiger partial charge on any atom is -0.377 e. The zero-order chi connectivity index (χ0) is 13.1. The van der Waals surface area contributed by atoms with E-state index >= 15 is 0 Å². The molecule has 104 valence electrons. The second kappa shape index (κ2) is 6.02. The SMILES string of the molecule is Fc1cccc(C2CC(NCC3CCCCO3)C2)c1. The molecule has 19 heavy (non-hydrogen) atoms. The van der Waals surface area contributed by atoms with Crippen LogP contribution in [0.25, 0.3) is 0 Å². The van der Waals surface area contributed by atoms with Crippen molar-refractivity contribution >= 4 is 0 Å². The molecule has 1 atom stereocenters. The van der Waals surface area contributed by atoms with Gasteiger partial charge in [-0.05, 0) is 55.7 Å². The van der Waals surface area contributed by atoms with Crippen LogP contribution >= 0.6 is 0 Å². The van der Waals surface area contributed by atoms with E-state index in [4.69, 9.17) is 4.74 Å². The number of hydrogen-bond donors (Lipinski definition) is 1. The summed E-state index contributed by atoms with van der Waals surface area (Å²) in [6.45, 7) is 1.89. The Kier molecular flexibility index (Phi) is 4.14. The van der Waals surface area contributed by atoms with Crippen molar-refractivity contribution in [1.29, 1.82) is 0 Å². The van der Waals surface area contributed by atoms with Gasteiger partial charge in [0.1, 0.15) is 5.82 Å². The summed E-state index contributed by atoms with van der Waals surface area (Å²) in [6.07, 6.45) is 6.34. The van der Waals surface area contributed by atoms with Crippen LogP contribution in [-0.2, 0) is 4.74 Å². The molecule has 1 saturated heterocycles. The van der Waals surface area contributed by atoms with Gasteiger partial charge >= 0.3 is 0 Å². The molecule has 3 rings (SSSR count). The number of hydrogen-bond acceptors (Lipinski definition) is 2. The number of ether oxygens (including phenoxy) is 1. The van der Waals surface area contributed by atoms with Crippen LogP contribution in [0, 0.1) is 5.82 Å². The first-order valence-corrected chi connectivity index (χ1v) is 7.42. The van der Waals surface area contributed by atoms with Gasteiger partial charge in [0, 0.05) is 19.2 Å². The molecule has 1 aliphatic heterocycles. The smallest absolute Gasteiger partial charge is 0.123 e. The molecule has 0 aromatic heterocycles. The lowest BCUT2D eigenvalue weighted by Gasteiger charge is -2.37. The van der Waals surface area contributed by atoms with Crippen LogP contribution in [0.15, 0.2) is 24.3 Å². The Balaban J connectivity index is 1.40. The molecule has 0 amide bonds. The highest BCUT2D eigenvalue weighted by atomic mass is 19.1. The number of benzene rings is 1. The quantitative estimate of drug-likeness (QED) is 0.900. The van der Waals surface area contributed by atoms with Crippen LogP contribution < -0.4 is 5.32 Å². The van der Waals surface area contributed by atoms with Crippen LogP contribution in [0.2, 0.25) is 0 Å². The fraction of sp³-hybridized carbons (Fsp3) is 0.625. The highest BCUT2D eigenvalue weighted by molar-refractivity contribution is 5.23. The molecule has 1 aromatic carbocycles. The van der Waals surface area contributed by atoms with Crippen molar-refractivity contribution in [3.63, 3.8) is 0 Å². The third kappa shape index (κ3) is 3.34. The van der Waals surface area contributed by atoms with E-state index in [9.17, 15) is 4.39 Å². The van der Waals surface area contributed by atoms with Crippen molar-refractivity contribution in [1.82, 2.24) is 5.32 Å². The highest BCUT2D eigenvalue weighted by Gasteiger charge is 2.30. The standard InChI is InChI=1S/C16H22FNO/c17-14-5-3-4-12(8-14)13-9-15(10-13)18-11-16-6-1-2-7-19-16/h3-5,8,13,15-16,18H,1-2,6-7,9-11H2. The fourth-order valence-electron chi connectivity index (χ4n) is 3.08. The predicted octanol–water partition coefficient (Wildman–Crippen LogP) is 3.23. The molecule has 1 saturated carbocycles.